The number of carbonyl (C=O) groups is 2. The topological polar surface area (TPSA) is 75.5 Å². The van der Waals surface area contributed by atoms with Gasteiger partial charge in [0.15, 0.2) is 17.7 Å². The molecule has 1 aromatic carbocycles. The van der Waals surface area contributed by atoms with E-state index in [9.17, 15) is 9.59 Å². The lowest BCUT2D eigenvalue weighted by Gasteiger charge is -2.10. The fourth-order valence-corrected chi connectivity index (χ4v) is 2.36. The van der Waals surface area contributed by atoms with Crippen molar-refractivity contribution in [3.05, 3.63) is 59.9 Å². The molecule has 3 rings (SSSR count). The maximum absolute atomic E-state index is 12.3. The van der Waals surface area contributed by atoms with Gasteiger partial charge < -0.3 is 9.99 Å². The summed E-state index contributed by atoms with van der Waals surface area (Å²) in [5, 5.41) is 0. The molecule has 1 aromatic heterocycles. The highest BCUT2D eigenvalue weighted by atomic mass is 16.2. The number of ketones is 2. The second-order valence-corrected chi connectivity index (χ2v) is 5.04. The summed E-state index contributed by atoms with van der Waals surface area (Å²) in [6.45, 7) is 0.602. The van der Waals surface area contributed by atoms with Gasteiger partial charge in [0.05, 0.1) is 18.5 Å². The van der Waals surface area contributed by atoms with Gasteiger partial charge in [-0.3, -0.25) is 9.59 Å². The standard InChI is InChI=1S/C16H16N4O2/c21-14(9-15(22)16-17-11-18-19-16)13-7-4-8-20(13)10-12-5-2-1-3-6-12/h1-8,11,16,19H,9-10H2,(H,17,18). The largest absolute Gasteiger partial charge is 0.341 e. The number of aliphatic imine (C=N–C) groups is 1. The van der Waals surface area contributed by atoms with Crippen molar-refractivity contribution >= 4 is 17.9 Å². The van der Waals surface area contributed by atoms with Gasteiger partial charge in [0, 0.05) is 12.7 Å². The average Bonchev–Trinajstić information content (AvgIpc) is 3.19. The van der Waals surface area contributed by atoms with Crippen LogP contribution in [0.4, 0.5) is 0 Å². The monoisotopic (exact) mass is 296 g/mol. The van der Waals surface area contributed by atoms with Crippen LogP contribution in [0.3, 0.4) is 0 Å². The van der Waals surface area contributed by atoms with Crippen molar-refractivity contribution in [1.29, 1.82) is 0 Å². The summed E-state index contributed by atoms with van der Waals surface area (Å²) >= 11 is 0. The van der Waals surface area contributed by atoms with Crippen molar-refractivity contribution in [3.63, 3.8) is 0 Å². The average molecular weight is 296 g/mol. The van der Waals surface area contributed by atoms with Gasteiger partial charge in [-0.1, -0.05) is 30.3 Å². The van der Waals surface area contributed by atoms with E-state index in [1.54, 1.807) is 6.07 Å². The van der Waals surface area contributed by atoms with E-state index in [4.69, 9.17) is 0 Å². The zero-order valence-corrected chi connectivity index (χ0v) is 11.9. The number of benzene rings is 1. The highest BCUT2D eigenvalue weighted by molar-refractivity contribution is 6.09. The van der Waals surface area contributed by atoms with Crippen molar-refractivity contribution < 1.29 is 9.59 Å². The molecule has 0 bridgehead atoms. The van der Waals surface area contributed by atoms with Crippen LogP contribution in [-0.4, -0.2) is 28.6 Å². The molecule has 0 amide bonds. The van der Waals surface area contributed by atoms with Crippen LogP contribution in [0.1, 0.15) is 22.5 Å². The maximum atomic E-state index is 12.3. The fraction of sp³-hybridized carbons (Fsp3) is 0.188. The van der Waals surface area contributed by atoms with Crippen molar-refractivity contribution in [2.24, 2.45) is 4.99 Å². The van der Waals surface area contributed by atoms with Crippen LogP contribution in [0.15, 0.2) is 53.7 Å². The summed E-state index contributed by atoms with van der Waals surface area (Å²) < 4.78 is 1.86. The molecule has 1 aliphatic heterocycles. The fourth-order valence-electron chi connectivity index (χ4n) is 2.36. The Kier molecular flexibility index (Phi) is 4.11. The van der Waals surface area contributed by atoms with Crippen molar-refractivity contribution in [2.45, 2.75) is 19.1 Å². The molecule has 0 radical (unpaired) electrons. The minimum atomic E-state index is -0.679. The SMILES string of the molecule is O=C(CC(=O)C1N=CNN1)c1cccn1Cc1ccccc1. The van der Waals surface area contributed by atoms with E-state index in [0.717, 1.165) is 5.56 Å². The molecule has 22 heavy (non-hydrogen) atoms. The molecule has 0 saturated carbocycles. The molecule has 0 spiro atoms. The van der Waals surface area contributed by atoms with Gasteiger partial charge in [-0.25, -0.2) is 10.4 Å². The van der Waals surface area contributed by atoms with Gasteiger partial charge in [-0.05, 0) is 17.7 Å². The van der Waals surface area contributed by atoms with Crippen LogP contribution in [0.25, 0.3) is 0 Å². The van der Waals surface area contributed by atoms with Gasteiger partial charge in [0.1, 0.15) is 0 Å². The summed E-state index contributed by atoms with van der Waals surface area (Å²) in [5.41, 5.74) is 6.94. The first-order chi connectivity index (χ1) is 10.7. The highest BCUT2D eigenvalue weighted by Crippen LogP contribution is 2.11. The Bertz CT molecular complexity index is 706. The Morgan fingerprint density at radius 1 is 1.14 bits per heavy atom. The summed E-state index contributed by atoms with van der Waals surface area (Å²) in [6, 6.07) is 13.4. The lowest BCUT2D eigenvalue weighted by molar-refractivity contribution is -0.119. The second-order valence-electron chi connectivity index (χ2n) is 5.04. The molecule has 2 N–H and O–H groups in total. The maximum Gasteiger partial charge on any atom is 0.186 e. The van der Waals surface area contributed by atoms with Gasteiger partial charge in [0.25, 0.3) is 0 Å². The highest BCUT2D eigenvalue weighted by Gasteiger charge is 2.23. The molecule has 1 atom stereocenters. The van der Waals surface area contributed by atoms with Gasteiger partial charge in [0.2, 0.25) is 0 Å². The predicted octanol–water partition coefficient (Wildman–Crippen LogP) is 1.14. The van der Waals surface area contributed by atoms with E-state index in [0.29, 0.717) is 12.2 Å². The van der Waals surface area contributed by atoms with Crippen LogP contribution in [-0.2, 0) is 11.3 Å². The number of aromatic nitrogens is 1. The molecular weight excluding hydrogens is 280 g/mol. The number of nitrogens with one attached hydrogen (secondary N) is 2. The Morgan fingerprint density at radius 3 is 2.68 bits per heavy atom. The summed E-state index contributed by atoms with van der Waals surface area (Å²) in [6.07, 6.45) is 2.40. The molecule has 2 heterocycles. The number of nitrogens with zero attached hydrogens (tertiary/aromatic N) is 2. The third-order valence-corrected chi connectivity index (χ3v) is 3.46. The minimum Gasteiger partial charge on any atom is -0.341 e. The molecule has 2 aromatic rings. The Morgan fingerprint density at radius 2 is 1.95 bits per heavy atom. The molecule has 1 aliphatic rings. The predicted molar refractivity (Wildman–Crippen MR) is 82.5 cm³/mol. The summed E-state index contributed by atoms with van der Waals surface area (Å²) in [5.74, 6) is -0.450. The quantitative estimate of drug-likeness (QED) is 0.619. The zero-order valence-electron chi connectivity index (χ0n) is 11.9. The minimum absolute atomic E-state index is 0.171. The molecule has 6 heteroatoms. The third-order valence-electron chi connectivity index (χ3n) is 3.46. The van der Waals surface area contributed by atoms with E-state index in [1.807, 2.05) is 47.2 Å². The Labute approximate surface area is 127 Å². The lowest BCUT2D eigenvalue weighted by atomic mass is 10.1. The first-order valence-corrected chi connectivity index (χ1v) is 7.02. The molecule has 0 aliphatic carbocycles. The van der Waals surface area contributed by atoms with E-state index >= 15 is 0 Å². The van der Waals surface area contributed by atoms with Crippen molar-refractivity contribution in [1.82, 2.24) is 15.4 Å². The smallest absolute Gasteiger partial charge is 0.186 e. The molecule has 6 nitrogen and oxygen atoms in total. The molecule has 112 valence electrons. The van der Waals surface area contributed by atoms with Gasteiger partial charge in [-0.15, -0.1) is 0 Å². The van der Waals surface area contributed by atoms with Crippen LogP contribution in [0, 0.1) is 0 Å². The molecule has 0 fully saturated rings. The van der Waals surface area contributed by atoms with Crippen LogP contribution < -0.4 is 10.9 Å². The molecule has 0 saturated heterocycles. The first kappa shape index (κ1) is 14.2. The van der Waals surface area contributed by atoms with E-state index in [-0.39, 0.29) is 18.0 Å². The number of rotatable bonds is 6. The van der Waals surface area contributed by atoms with Crippen LogP contribution in [0.5, 0.6) is 0 Å². The van der Waals surface area contributed by atoms with E-state index < -0.39 is 6.17 Å². The number of hydrogen-bond donors (Lipinski definition) is 2. The number of hydrazine groups is 1. The second kappa shape index (κ2) is 6.36. The van der Waals surface area contributed by atoms with Crippen LogP contribution >= 0.6 is 0 Å². The summed E-state index contributed by atoms with van der Waals surface area (Å²) in [7, 11) is 0. The van der Waals surface area contributed by atoms with Crippen LogP contribution in [0.2, 0.25) is 0 Å². The van der Waals surface area contributed by atoms with Gasteiger partial charge in [-0.2, -0.15) is 0 Å². The molecular formula is C16H16N4O2. The lowest BCUT2D eigenvalue weighted by Crippen LogP contribution is -2.38. The Hall–Kier alpha value is -2.73. The third kappa shape index (κ3) is 3.12. The number of hydrogen-bond acceptors (Lipinski definition) is 5. The first-order valence-electron chi connectivity index (χ1n) is 7.02. The zero-order chi connectivity index (χ0) is 15.4. The van der Waals surface area contributed by atoms with E-state index in [1.165, 1.54) is 6.34 Å². The summed E-state index contributed by atoms with van der Waals surface area (Å²) in [4.78, 5) is 28.2. The Balaban J connectivity index is 1.69. The molecule has 1 unspecified atom stereocenters. The number of carbonyl (C=O) groups excluding carboxylic acids is 2. The van der Waals surface area contributed by atoms with E-state index in [2.05, 4.69) is 15.8 Å². The van der Waals surface area contributed by atoms with Crippen molar-refractivity contribution in [3.8, 4) is 0 Å². The van der Waals surface area contributed by atoms with Crippen molar-refractivity contribution in [2.75, 3.05) is 0 Å². The normalized spacial score (nSPS) is 16.5. The number of Topliss-reactive ketones (excluding diaryl/α,β-unsaturated/α-hetero) is 2. The van der Waals surface area contributed by atoms with Gasteiger partial charge >= 0.3 is 0 Å².